The number of hydrogen-bond acceptors (Lipinski definition) is 6. The molecular weight excluding hydrogens is 454 g/mol. The van der Waals surface area contributed by atoms with Crippen LogP contribution in [0.1, 0.15) is 56.2 Å². The molecule has 0 aliphatic carbocycles. The lowest BCUT2D eigenvalue weighted by Crippen LogP contribution is -2.30. The molecule has 8 heteroatoms. The Labute approximate surface area is 200 Å². The monoisotopic (exact) mass is 483 g/mol. The summed E-state index contributed by atoms with van der Waals surface area (Å²) in [5.41, 5.74) is 4.18. The van der Waals surface area contributed by atoms with Crippen molar-refractivity contribution in [2.24, 2.45) is 0 Å². The van der Waals surface area contributed by atoms with Crippen LogP contribution < -0.4 is 4.90 Å². The maximum Gasteiger partial charge on any atom is 0.264 e. The summed E-state index contributed by atoms with van der Waals surface area (Å²) in [6.45, 7) is 4.25. The predicted octanol–water partition coefficient (Wildman–Crippen LogP) is 6.00. The zero-order chi connectivity index (χ0) is 23.4. The Morgan fingerprint density at radius 3 is 2.52 bits per heavy atom. The molecule has 1 unspecified atom stereocenters. The van der Waals surface area contributed by atoms with Gasteiger partial charge in [-0.25, -0.2) is 9.97 Å². The molecule has 4 rings (SSSR count). The number of anilines is 2. The van der Waals surface area contributed by atoms with Gasteiger partial charge in [-0.05, 0) is 55.2 Å². The van der Waals surface area contributed by atoms with Gasteiger partial charge in [0.1, 0.15) is 0 Å². The van der Waals surface area contributed by atoms with Crippen molar-refractivity contribution in [3.05, 3.63) is 71.8 Å². The molecule has 0 saturated carbocycles. The molecular formula is C25H29N3O3S2. The van der Waals surface area contributed by atoms with Crippen molar-refractivity contribution in [1.82, 2.24) is 9.97 Å². The molecule has 1 aromatic heterocycles. The second-order valence-electron chi connectivity index (χ2n) is 8.24. The Kier molecular flexibility index (Phi) is 7.36. The van der Waals surface area contributed by atoms with Crippen molar-refractivity contribution in [3.63, 3.8) is 0 Å². The van der Waals surface area contributed by atoms with Gasteiger partial charge < -0.3 is 4.90 Å². The molecule has 0 bridgehead atoms. The van der Waals surface area contributed by atoms with Crippen LogP contribution in [0.5, 0.6) is 0 Å². The fraction of sp³-hybridized carbons (Fsp3) is 0.360. The number of para-hydroxylation sites is 1. The molecule has 3 aromatic rings. The molecule has 0 radical (unpaired) electrons. The minimum Gasteiger partial charge on any atom is -0.329 e. The standard InChI is InChI=1S/C25H29N3O3S2/c1-3-7-18-11-12-24-22(17-18)28(20-9-5-6-10-23(20)32-24)21(14-16-33(29,30)31)25-26-15-13-19(27-25)8-4-2/h5-6,9-13,15,17,21H,3-4,7-8,14,16H2,1-2H3,(H,29,30,31). The van der Waals surface area contributed by atoms with Crippen molar-refractivity contribution < 1.29 is 13.0 Å². The highest BCUT2D eigenvalue weighted by Crippen LogP contribution is 2.51. The van der Waals surface area contributed by atoms with E-state index in [-0.39, 0.29) is 12.2 Å². The van der Waals surface area contributed by atoms with Crippen LogP contribution in [-0.2, 0) is 23.0 Å². The molecule has 33 heavy (non-hydrogen) atoms. The molecule has 1 atom stereocenters. The Morgan fingerprint density at radius 1 is 1.00 bits per heavy atom. The fourth-order valence-corrected chi connectivity index (χ4v) is 5.78. The Bertz CT molecular complexity index is 1230. The molecule has 1 aliphatic rings. The van der Waals surface area contributed by atoms with Gasteiger partial charge in [0, 0.05) is 21.7 Å². The lowest BCUT2D eigenvalue weighted by atomic mass is 10.0. The van der Waals surface area contributed by atoms with E-state index in [9.17, 15) is 13.0 Å². The molecule has 1 N–H and O–H groups in total. The molecule has 0 spiro atoms. The van der Waals surface area contributed by atoms with E-state index in [1.165, 1.54) is 5.56 Å². The average Bonchev–Trinajstić information content (AvgIpc) is 2.79. The van der Waals surface area contributed by atoms with E-state index >= 15 is 0 Å². The topological polar surface area (TPSA) is 83.4 Å². The molecule has 0 fully saturated rings. The minimum atomic E-state index is -4.15. The van der Waals surface area contributed by atoms with Gasteiger partial charge in [0.25, 0.3) is 10.1 Å². The quantitative estimate of drug-likeness (QED) is 0.374. The van der Waals surface area contributed by atoms with E-state index in [4.69, 9.17) is 4.98 Å². The molecule has 0 amide bonds. The number of hydrogen-bond donors (Lipinski definition) is 1. The van der Waals surface area contributed by atoms with Gasteiger partial charge in [0.15, 0.2) is 5.82 Å². The van der Waals surface area contributed by atoms with E-state index in [1.807, 2.05) is 24.3 Å². The van der Waals surface area contributed by atoms with E-state index in [0.29, 0.717) is 5.82 Å². The molecule has 1 aliphatic heterocycles. The third-order valence-corrected chi connectivity index (χ3v) is 7.55. The van der Waals surface area contributed by atoms with Crippen molar-refractivity contribution in [3.8, 4) is 0 Å². The van der Waals surface area contributed by atoms with Gasteiger partial charge >= 0.3 is 0 Å². The number of fused-ring (bicyclic) bond motifs is 2. The van der Waals surface area contributed by atoms with E-state index in [1.54, 1.807) is 18.0 Å². The number of aromatic nitrogens is 2. The molecule has 174 valence electrons. The van der Waals surface area contributed by atoms with Crippen LogP contribution in [0.2, 0.25) is 0 Å². The Hall–Kier alpha value is -2.42. The fourth-order valence-electron chi connectivity index (χ4n) is 4.21. The Balaban J connectivity index is 1.88. The molecule has 2 aromatic carbocycles. The van der Waals surface area contributed by atoms with Crippen LogP contribution in [0.25, 0.3) is 0 Å². The molecule has 2 heterocycles. The minimum absolute atomic E-state index is 0.171. The predicted molar refractivity (Wildman–Crippen MR) is 133 cm³/mol. The summed E-state index contributed by atoms with van der Waals surface area (Å²) < 4.78 is 33.0. The number of aryl methyl sites for hydroxylation is 2. The van der Waals surface area contributed by atoms with Crippen molar-refractivity contribution in [1.29, 1.82) is 0 Å². The molecule has 0 saturated heterocycles. The van der Waals surface area contributed by atoms with Crippen LogP contribution in [0.4, 0.5) is 11.4 Å². The van der Waals surface area contributed by atoms with Crippen LogP contribution in [0.3, 0.4) is 0 Å². The summed E-state index contributed by atoms with van der Waals surface area (Å²) in [5.74, 6) is 0.201. The van der Waals surface area contributed by atoms with Crippen molar-refractivity contribution >= 4 is 33.3 Å². The lowest BCUT2D eigenvalue weighted by molar-refractivity contribution is 0.475. The first-order chi connectivity index (χ1) is 15.9. The highest BCUT2D eigenvalue weighted by Gasteiger charge is 2.33. The van der Waals surface area contributed by atoms with Crippen LogP contribution in [-0.4, -0.2) is 28.7 Å². The SMILES string of the molecule is CCCc1ccc2c(c1)N(C(CCS(=O)(=O)O)c1nccc(CCC)n1)c1ccccc1S2. The van der Waals surface area contributed by atoms with Crippen LogP contribution in [0, 0.1) is 0 Å². The number of nitrogens with zero attached hydrogens (tertiary/aromatic N) is 3. The zero-order valence-corrected chi connectivity index (χ0v) is 20.6. The second-order valence-corrected chi connectivity index (χ2v) is 10.9. The smallest absolute Gasteiger partial charge is 0.264 e. The number of benzene rings is 2. The largest absolute Gasteiger partial charge is 0.329 e. The number of rotatable bonds is 9. The average molecular weight is 484 g/mol. The summed E-state index contributed by atoms with van der Waals surface area (Å²) >= 11 is 1.71. The maximum absolute atomic E-state index is 11.7. The summed E-state index contributed by atoms with van der Waals surface area (Å²) in [5, 5.41) is 0. The highest BCUT2D eigenvalue weighted by molar-refractivity contribution is 7.99. The van der Waals surface area contributed by atoms with Crippen LogP contribution >= 0.6 is 11.8 Å². The summed E-state index contributed by atoms with van der Waals surface area (Å²) in [6.07, 6.45) is 5.70. The first-order valence-corrected chi connectivity index (χ1v) is 13.8. The van der Waals surface area contributed by atoms with E-state index in [0.717, 1.165) is 52.5 Å². The normalized spacial score (nSPS) is 14.0. The van der Waals surface area contributed by atoms with Gasteiger partial charge in [-0.15, -0.1) is 0 Å². The summed E-state index contributed by atoms with van der Waals surface area (Å²) in [6, 6.07) is 16.1. The van der Waals surface area contributed by atoms with Crippen molar-refractivity contribution in [2.75, 3.05) is 10.7 Å². The van der Waals surface area contributed by atoms with Crippen LogP contribution in [0.15, 0.2) is 64.5 Å². The van der Waals surface area contributed by atoms with Gasteiger partial charge in [0.2, 0.25) is 0 Å². The van der Waals surface area contributed by atoms with Crippen molar-refractivity contribution in [2.45, 2.75) is 61.8 Å². The lowest BCUT2D eigenvalue weighted by Gasteiger charge is -2.38. The molecule has 6 nitrogen and oxygen atoms in total. The van der Waals surface area contributed by atoms with Gasteiger partial charge in [0.05, 0.1) is 23.2 Å². The van der Waals surface area contributed by atoms with Gasteiger partial charge in [-0.1, -0.05) is 56.7 Å². The third kappa shape index (κ3) is 5.57. The van der Waals surface area contributed by atoms with Gasteiger partial charge in [-0.3, -0.25) is 4.55 Å². The Morgan fingerprint density at radius 2 is 1.76 bits per heavy atom. The highest BCUT2D eigenvalue weighted by atomic mass is 32.2. The van der Waals surface area contributed by atoms with E-state index in [2.05, 4.69) is 48.0 Å². The van der Waals surface area contributed by atoms with Gasteiger partial charge in [-0.2, -0.15) is 8.42 Å². The second kappa shape index (κ2) is 10.2. The van der Waals surface area contributed by atoms with E-state index < -0.39 is 16.2 Å². The zero-order valence-electron chi connectivity index (χ0n) is 18.9. The third-order valence-electron chi connectivity index (χ3n) is 5.66. The maximum atomic E-state index is 11.7. The summed E-state index contributed by atoms with van der Waals surface area (Å²) in [4.78, 5) is 13.7. The first-order valence-electron chi connectivity index (χ1n) is 11.4. The first kappa shape index (κ1) is 23.7. The summed E-state index contributed by atoms with van der Waals surface area (Å²) in [7, 11) is -4.15.